The van der Waals surface area contributed by atoms with Crippen molar-refractivity contribution in [1.82, 2.24) is 0 Å². The molecule has 0 rings (SSSR count). The number of phosphoric acid groups is 2. The number of rotatable bonds is 67. The van der Waals surface area contributed by atoms with Gasteiger partial charge in [-0.3, -0.25) is 37.3 Å². The first kappa shape index (κ1) is 85.1. The van der Waals surface area contributed by atoms with Crippen molar-refractivity contribution >= 4 is 39.5 Å². The molecule has 0 heterocycles. The summed E-state index contributed by atoms with van der Waals surface area (Å²) in [4.78, 5) is 72.1. The lowest BCUT2D eigenvalue weighted by atomic mass is 10.0. The first-order chi connectivity index (χ1) is 41.9. The summed E-state index contributed by atoms with van der Waals surface area (Å²) in [6, 6.07) is 0. The molecule has 0 radical (unpaired) electrons. The van der Waals surface area contributed by atoms with Crippen LogP contribution in [0.3, 0.4) is 0 Å². The van der Waals surface area contributed by atoms with E-state index in [4.69, 9.17) is 37.0 Å². The lowest BCUT2D eigenvalue weighted by Gasteiger charge is -2.21. The molecular formula is C68H132O17P2. The highest BCUT2D eigenvalue weighted by atomic mass is 31.2. The van der Waals surface area contributed by atoms with E-state index in [0.29, 0.717) is 31.6 Å². The third-order valence-corrected chi connectivity index (χ3v) is 17.6. The monoisotopic (exact) mass is 1280 g/mol. The topological polar surface area (TPSA) is 237 Å². The summed E-state index contributed by atoms with van der Waals surface area (Å²) in [5.74, 6) is -0.731. The SMILES string of the molecule is CCCCCCCCCCCCCCCCCCCCCCCC(=O)O[C@H](COC(=O)CCCCCCCCCCCC(C)C)COP(=O)(O)OC[C@@H](O)COP(=O)(O)OC[C@@H](COC(=O)CCCCCCC)OC(=O)CCCCCCCCC(C)C. The molecule has 0 bridgehead atoms. The number of hydrogen-bond acceptors (Lipinski definition) is 15. The zero-order valence-electron chi connectivity index (χ0n) is 56.3. The number of unbranched alkanes of at least 4 members (excludes halogenated alkanes) is 37. The van der Waals surface area contributed by atoms with Crippen LogP contribution in [-0.4, -0.2) is 96.7 Å². The predicted octanol–water partition coefficient (Wildman–Crippen LogP) is 19.2. The number of phosphoric ester groups is 2. The van der Waals surface area contributed by atoms with E-state index in [1.54, 1.807) is 0 Å². The molecule has 5 atom stereocenters. The van der Waals surface area contributed by atoms with Gasteiger partial charge in [0.1, 0.15) is 19.3 Å². The normalized spacial score (nSPS) is 14.2. The minimum atomic E-state index is -4.95. The average molecular weight is 1280 g/mol. The number of carbonyl (C=O) groups excluding carboxylic acids is 4. The van der Waals surface area contributed by atoms with Crippen LogP contribution in [0.25, 0.3) is 0 Å². The van der Waals surface area contributed by atoms with Gasteiger partial charge in [-0.1, -0.05) is 292 Å². The molecule has 17 nitrogen and oxygen atoms in total. The van der Waals surface area contributed by atoms with E-state index < -0.39 is 97.5 Å². The third kappa shape index (κ3) is 62.6. The fourth-order valence-electron chi connectivity index (χ4n) is 10.2. The van der Waals surface area contributed by atoms with Gasteiger partial charge in [0.15, 0.2) is 12.2 Å². The minimum Gasteiger partial charge on any atom is -0.462 e. The molecular weight excluding hydrogens is 1150 g/mol. The van der Waals surface area contributed by atoms with Crippen molar-refractivity contribution in [3.05, 3.63) is 0 Å². The molecule has 87 heavy (non-hydrogen) atoms. The van der Waals surface area contributed by atoms with E-state index in [1.807, 2.05) is 0 Å². The smallest absolute Gasteiger partial charge is 0.462 e. The molecule has 0 aromatic heterocycles. The quantitative estimate of drug-likeness (QED) is 0.0222. The second kappa shape index (κ2) is 60.3. The summed E-state index contributed by atoms with van der Waals surface area (Å²) in [6.45, 7) is 9.32. The van der Waals surface area contributed by atoms with Gasteiger partial charge < -0.3 is 33.8 Å². The van der Waals surface area contributed by atoms with Gasteiger partial charge in [-0.05, 0) is 37.5 Å². The Hall–Kier alpha value is -1.94. The Labute approximate surface area is 530 Å². The van der Waals surface area contributed by atoms with Gasteiger partial charge in [-0.15, -0.1) is 0 Å². The van der Waals surface area contributed by atoms with Crippen LogP contribution in [0, 0.1) is 11.8 Å². The van der Waals surface area contributed by atoms with Crippen molar-refractivity contribution in [2.24, 2.45) is 11.8 Å². The fraction of sp³-hybridized carbons (Fsp3) is 0.941. The average Bonchev–Trinajstić information content (AvgIpc) is 3.59. The zero-order chi connectivity index (χ0) is 64.3. The molecule has 2 unspecified atom stereocenters. The van der Waals surface area contributed by atoms with Crippen LogP contribution in [-0.2, 0) is 65.4 Å². The zero-order valence-corrected chi connectivity index (χ0v) is 58.1. The number of esters is 4. The second-order valence-electron chi connectivity index (χ2n) is 25.5. The first-order valence-corrected chi connectivity index (χ1v) is 38.5. The lowest BCUT2D eigenvalue weighted by molar-refractivity contribution is -0.161. The first-order valence-electron chi connectivity index (χ1n) is 35.5. The molecule has 0 aliphatic carbocycles. The standard InChI is InChI=1S/C68H132O17P2/c1-7-9-11-13-14-15-16-17-18-19-20-21-22-23-24-25-26-29-33-40-46-52-67(72)84-64(57-79-66(71)51-45-39-32-30-27-28-31-37-42-48-60(3)4)59-83-87(76,77)81-55-62(69)54-80-86(74,75)82-58-63(56-78-65(70)50-44-36-12-10-8-2)85-68(73)53-47-41-35-34-38-43-49-61(5)6/h60-64,69H,7-59H2,1-6H3,(H,74,75)(H,76,77)/t62-,63+,64+/m0/s1. The second-order valence-corrected chi connectivity index (χ2v) is 28.4. The van der Waals surface area contributed by atoms with Crippen LogP contribution < -0.4 is 0 Å². The Morgan fingerprint density at radius 3 is 0.782 bits per heavy atom. The van der Waals surface area contributed by atoms with Crippen LogP contribution in [0.2, 0.25) is 0 Å². The Morgan fingerprint density at radius 2 is 0.529 bits per heavy atom. The number of carbonyl (C=O) groups is 4. The van der Waals surface area contributed by atoms with E-state index in [2.05, 4.69) is 41.5 Å². The molecule has 0 fully saturated rings. The van der Waals surface area contributed by atoms with Gasteiger partial charge in [0.05, 0.1) is 26.4 Å². The van der Waals surface area contributed by atoms with Crippen molar-refractivity contribution in [2.75, 3.05) is 39.6 Å². The largest absolute Gasteiger partial charge is 0.472 e. The molecule has 19 heteroatoms. The van der Waals surface area contributed by atoms with Crippen LogP contribution in [0.5, 0.6) is 0 Å². The Morgan fingerprint density at radius 1 is 0.310 bits per heavy atom. The molecule has 0 aromatic carbocycles. The molecule has 0 saturated carbocycles. The summed E-state index contributed by atoms with van der Waals surface area (Å²) in [7, 11) is -9.88. The van der Waals surface area contributed by atoms with Gasteiger partial charge >= 0.3 is 39.5 Å². The molecule has 0 aliphatic heterocycles. The van der Waals surface area contributed by atoms with Crippen LogP contribution >= 0.6 is 15.6 Å². The Kier molecular flexibility index (Phi) is 59.0. The van der Waals surface area contributed by atoms with Gasteiger partial charge in [0.2, 0.25) is 0 Å². The van der Waals surface area contributed by atoms with E-state index in [9.17, 15) is 43.2 Å². The Balaban J connectivity index is 5.09. The van der Waals surface area contributed by atoms with Gasteiger partial charge in [-0.2, -0.15) is 0 Å². The van der Waals surface area contributed by atoms with E-state index in [-0.39, 0.29) is 25.7 Å². The minimum absolute atomic E-state index is 0.101. The number of hydrogen-bond donors (Lipinski definition) is 3. The van der Waals surface area contributed by atoms with Crippen molar-refractivity contribution in [3.8, 4) is 0 Å². The maximum Gasteiger partial charge on any atom is 0.472 e. The highest BCUT2D eigenvalue weighted by Crippen LogP contribution is 2.45. The number of aliphatic hydroxyl groups is 1. The summed E-state index contributed by atoms with van der Waals surface area (Å²) < 4.78 is 67.9. The van der Waals surface area contributed by atoms with E-state index in [0.717, 1.165) is 102 Å². The number of ether oxygens (including phenoxy) is 4. The van der Waals surface area contributed by atoms with Crippen molar-refractivity contribution in [1.29, 1.82) is 0 Å². The molecule has 3 N–H and O–H groups in total. The highest BCUT2D eigenvalue weighted by Gasteiger charge is 2.30. The number of aliphatic hydroxyl groups excluding tert-OH is 1. The van der Waals surface area contributed by atoms with Crippen LogP contribution in [0.4, 0.5) is 0 Å². The summed E-state index contributed by atoms with van der Waals surface area (Å²) in [5.41, 5.74) is 0. The molecule has 516 valence electrons. The van der Waals surface area contributed by atoms with Gasteiger partial charge in [0.25, 0.3) is 0 Å². The summed E-state index contributed by atoms with van der Waals surface area (Å²) in [6.07, 6.45) is 45.3. The molecule has 0 aromatic rings. The lowest BCUT2D eigenvalue weighted by Crippen LogP contribution is -2.30. The van der Waals surface area contributed by atoms with Crippen molar-refractivity contribution < 1.29 is 80.2 Å². The summed E-state index contributed by atoms with van der Waals surface area (Å²) in [5, 5.41) is 10.5. The van der Waals surface area contributed by atoms with Gasteiger partial charge in [-0.25, -0.2) is 9.13 Å². The summed E-state index contributed by atoms with van der Waals surface area (Å²) >= 11 is 0. The molecule has 0 amide bonds. The van der Waals surface area contributed by atoms with Crippen molar-refractivity contribution in [3.63, 3.8) is 0 Å². The fourth-order valence-corrected chi connectivity index (χ4v) is 11.8. The van der Waals surface area contributed by atoms with E-state index in [1.165, 1.54) is 154 Å². The van der Waals surface area contributed by atoms with E-state index >= 15 is 0 Å². The van der Waals surface area contributed by atoms with Crippen LogP contribution in [0.1, 0.15) is 343 Å². The predicted molar refractivity (Wildman–Crippen MR) is 349 cm³/mol. The van der Waals surface area contributed by atoms with Crippen LogP contribution in [0.15, 0.2) is 0 Å². The molecule has 0 spiro atoms. The maximum absolute atomic E-state index is 13.0. The maximum atomic E-state index is 13.0. The van der Waals surface area contributed by atoms with Gasteiger partial charge in [0, 0.05) is 25.7 Å². The Bertz CT molecular complexity index is 1700. The highest BCUT2D eigenvalue weighted by molar-refractivity contribution is 7.47. The molecule has 0 aliphatic rings. The molecule has 0 saturated heterocycles. The third-order valence-electron chi connectivity index (χ3n) is 15.7. The van der Waals surface area contributed by atoms with Crippen molar-refractivity contribution in [2.45, 2.75) is 362 Å².